The minimum atomic E-state index is -4.35. The van der Waals surface area contributed by atoms with Crippen molar-refractivity contribution in [3.63, 3.8) is 0 Å². The second-order valence-corrected chi connectivity index (χ2v) is 5.63. The zero-order valence-corrected chi connectivity index (χ0v) is 12.7. The molecular formula is C18H15F3N2. The van der Waals surface area contributed by atoms with E-state index < -0.39 is 11.7 Å². The zero-order valence-electron chi connectivity index (χ0n) is 12.7. The molecule has 0 radical (unpaired) electrons. The summed E-state index contributed by atoms with van der Waals surface area (Å²) in [5.41, 5.74) is 10.0. The molecule has 118 valence electrons. The van der Waals surface area contributed by atoms with Gasteiger partial charge in [-0.1, -0.05) is 6.07 Å². The van der Waals surface area contributed by atoms with E-state index in [1.807, 2.05) is 26.0 Å². The van der Waals surface area contributed by atoms with Crippen molar-refractivity contribution < 1.29 is 13.2 Å². The first-order chi connectivity index (χ1) is 10.8. The number of alkyl halides is 3. The molecular weight excluding hydrogens is 301 g/mol. The summed E-state index contributed by atoms with van der Waals surface area (Å²) in [6.45, 7) is 3.85. The molecule has 0 bridgehead atoms. The molecule has 0 aliphatic rings. The molecule has 0 fully saturated rings. The summed E-state index contributed by atoms with van der Waals surface area (Å²) in [6.07, 6.45) is -4.35. The normalized spacial score (nSPS) is 11.9. The standard InChI is InChI=1S/C18H15F3N2/c1-10-8-15(22)11(2)7-14(10)17-5-3-12-9-13(18(19,20)21)4-6-16(12)23-17/h3-9H,22H2,1-2H3. The summed E-state index contributed by atoms with van der Waals surface area (Å²) in [5.74, 6) is 0. The Morgan fingerprint density at radius 2 is 1.65 bits per heavy atom. The number of halogens is 3. The third-order valence-electron chi connectivity index (χ3n) is 3.91. The molecule has 0 unspecified atom stereocenters. The summed E-state index contributed by atoms with van der Waals surface area (Å²) < 4.78 is 38.3. The van der Waals surface area contributed by atoms with Gasteiger partial charge in [-0.05, 0) is 61.4 Å². The third-order valence-corrected chi connectivity index (χ3v) is 3.91. The number of aryl methyl sites for hydroxylation is 2. The van der Waals surface area contributed by atoms with E-state index in [0.29, 0.717) is 16.6 Å². The molecule has 2 N–H and O–H groups in total. The van der Waals surface area contributed by atoms with E-state index in [1.165, 1.54) is 6.07 Å². The maximum Gasteiger partial charge on any atom is 0.416 e. The second kappa shape index (κ2) is 5.26. The molecule has 0 aliphatic carbocycles. The van der Waals surface area contributed by atoms with E-state index >= 15 is 0 Å². The van der Waals surface area contributed by atoms with Crippen LogP contribution in [0.4, 0.5) is 18.9 Å². The highest BCUT2D eigenvalue weighted by Gasteiger charge is 2.30. The molecule has 1 aromatic heterocycles. The minimum absolute atomic E-state index is 0.466. The van der Waals surface area contributed by atoms with Gasteiger partial charge in [0, 0.05) is 16.6 Å². The van der Waals surface area contributed by atoms with Gasteiger partial charge in [-0.15, -0.1) is 0 Å². The van der Waals surface area contributed by atoms with Crippen LogP contribution in [0.5, 0.6) is 0 Å². The Balaban J connectivity index is 2.13. The highest BCUT2D eigenvalue weighted by molar-refractivity contribution is 5.83. The van der Waals surface area contributed by atoms with Gasteiger partial charge in [0.05, 0.1) is 16.8 Å². The molecule has 3 rings (SSSR count). The Hall–Kier alpha value is -2.56. The van der Waals surface area contributed by atoms with Crippen molar-refractivity contribution in [2.45, 2.75) is 20.0 Å². The van der Waals surface area contributed by atoms with E-state index in [2.05, 4.69) is 4.98 Å². The molecule has 0 saturated heterocycles. The number of fused-ring (bicyclic) bond motifs is 1. The average molecular weight is 316 g/mol. The van der Waals surface area contributed by atoms with Gasteiger partial charge in [0.2, 0.25) is 0 Å². The maximum absolute atomic E-state index is 12.8. The van der Waals surface area contributed by atoms with Crippen LogP contribution in [-0.2, 0) is 6.18 Å². The summed E-state index contributed by atoms with van der Waals surface area (Å²) in [5, 5.41) is 0.466. The number of aromatic nitrogens is 1. The number of nitrogens with two attached hydrogens (primary N) is 1. The molecule has 2 nitrogen and oxygen atoms in total. The van der Waals surface area contributed by atoms with Crippen LogP contribution in [0, 0.1) is 13.8 Å². The quantitative estimate of drug-likeness (QED) is 0.633. The lowest BCUT2D eigenvalue weighted by Gasteiger charge is -2.11. The number of anilines is 1. The number of hydrogen-bond donors (Lipinski definition) is 1. The Kier molecular flexibility index (Phi) is 3.51. The first-order valence-corrected chi connectivity index (χ1v) is 7.11. The molecule has 0 amide bonds. The Morgan fingerprint density at radius 1 is 0.913 bits per heavy atom. The van der Waals surface area contributed by atoms with Gasteiger partial charge in [0.1, 0.15) is 0 Å². The van der Waals surface area contributed by atoms with Crippen LogP contribution < -0.4 is 5.73 Å². The second-order valence-electron chi connectivity index (χ2n) is 5.63. The fourth-order valence-corrected chi connectivity index (χ4v) is 2.57. The van der Waals surface area contributed by atoms with Gasteiger partial charge in [-0.3, -0.25) is 0 Å². The first-order valence-electron chi connectivity index (χ1n) is 7.11. The number of nitrogens with zero attached hydrogens (tertiary/aromatic N) is 1. The summed E-state index contributed by atoms with van der Waals surface area (Å²) in [6, 6.07) is 10.8. The molecule has 23 heavy (non-hydrogen) atoms. The van der Waals surface area contributed by atoms with Crippen LogP contribution in [0.3, 0.4) is 0 Å². The van der Waals surface area contributed by atoms with Gasteiger partial charge in [-0.25, -0.2) is 4.98 Å². The van der Waals surface area contributed by atoms with E-state index in [9.17, 15) is 13.2 Å². The topological polar surface area (TPSA) is 38.9 Å². The summed E-state index contributed by atoms with van der Waals surface area (Å²) in [4.78, 5) is 4.49. The Bertz CT molecular complexity index is 899. The van der Waals surface area contributed by atoms with Crippen LogP contribution in [0.1, 0.15) is 16.7 Å². The molecule has 0 saturated carbocycles. The predicted octanol–water partition coefficient (Wildman–Crippen LogP) is 5.12. The Labute approximate surface area is 131 Å². The molecule has 2 aromatic carbocycles. The number of pyridine rings is 1. The lowest BCUT2D eigenvalue weighted by atomic mass is 10.00. The predicted molar refractivity (Wildman–Crippen MR) is 86.1 cm³/mol. The van der Waals surface area contributed by atoms with E-state index in [0.717, 1.165) is 34.5 Å². The van der Waals surface area contributed by atoms with Gasteiger partial charge in [0.25, 0.3) is 0 Å². The SMILES string of the molecule is Cc1cc(-c2ccc3cc(C(F)(F)F)ccc3n2)c(C)cc1N. The van der Waals surface area contributed by atoms with Gasteiger partial charge >= 0.3 is 6.18 Å². The van der Waals surface area contributed by atoms with Crippen LogP contribution in [0.15, 0.2) is 42.5 Å². The maximum atomic E-state index is 12.8. The van der Waals surface area contributed by atoms with Crippen molar-refractivity contribution in [2.75, 3.05) is 5.73 Å². The number of rotatable bonds is 1. The summed E-state index contributed by atoms with van der Waals surface area (Å²) >= 11 is 0. The molecule has 5 heteroatoms. The number of benzene rings is 2. The van der Waals surface area contributed by atoms with Crippen LogP contribution >= 0.6 is 0 Å². The smallest absolute Gasteiger partial charge is 0.399 e. The molecule has 1 heterocycles. The third kappa shape index (κ3) is 2.86. The largest absolute Gasteiger partial charge is 0.416 e. The lowest BCUT2D eigenvalue weighted by molar-refractivity contribution is -0.137. The van der Waals surface area contributed by atoms with Crippen LogP contribution in [-0.4, -0.2) is 4.98 Å². The highest BCUT2D eigenvalue weighted by atomic mass is 19.4. The van der Waals surface area contributed by atoms with Crippen molar-refractivity contribution in [2.24, 2.45) is 0 Å². The molecule has 0 aliphatic heterocycles. The minimum Gasteiger partial charge on any atom is -0.399 e. The van der Waals surface area contributed by atoms with Gasteiger partial charge < -0.3 is 5.73 Å². The highest BCUT2D eigenvalue weighted by Crippen LogP contribution is 2.32. The molecule has 3 aromatic rings. The zero-order chi connectivity index (χ0) is 16.8. The fourth-order valence-electron chi connectivity index (χ4n) is 2.57. The van der Waals surface area contributed by atoms with E-state index in [1.54, 1.807) is 12.1 Å². The van der Waals surface area contributed by atoms with Crippen LogP contribution in [0.25, 0.3) is 22.2 Å². The van der Waals surface area contributed by atoms with Crippen molar-refractivity contribution in [1.29, 1.82) is 0 Å². The van der Waals surface area contributed by atoms with Crippen molar-refractivity contribution >= 4 is 16.6 Å². The van der Waals surface area contributed by atoms with E-state index in [-0.39, 0.29) is 0 Å². The lowest BCUT2D eigenvalue weighted by Crippen LogP contribution is -2.04. The van der Waals surface area contributed by atoms with E-state index in [4.69, 9.17) is 5.73 Å². The monoisotopic (exact) mass is 316 g/mol. The molecule has 0 atom stereocenters. The van der Waals surface area contributed by atoms with Crippen LogP contribution in [0.2, 0.25) is 0 Å². The van der Waals surface area contributed by atoms with Gasteiger partial charge in [-0.2, -0.15) is 13.2 Å². The Morgan fingerprint density at radius 3 is 2.35 bits per heavy atom. The van der Waals surface area contributed by atoms with Gasteiger partial charge in [0.15, 0.2) is 0 Å². The average Bonchev–Trinajstić information content (AvgIpc) is 2.49. The number of nitrogen functional groups attached to an aromatic ring is 1. The molecule has 0 spiro atoms. The fraction of sp³-hybridized carbons (Fsp3) is 0.167. The van der Waals surface area contributed by atoms with Crippen molar-refractivity contribution in [1.82, 2.24) is 4.98 Å². The number of hydrogen-bond acceptors (Lipinski definition) is 2. The van der Waals surface area contributed by atoms with Crippen molar-refractivity contribution in [3.05, 3.63) is 59.2 Å². The first kappa shape index (κ1) is 15.3. The van der Waals surface area contributed by atoms with Crippen molar-refractivity contribution in [3.8, 4) is 11.3 Å². The summed E-state index contributed by atoms with van der Waals surface area (Å²) in [7, 11) is 0.